The van der Waals surface area contributed by atoms with Crippen molar-refractivity contribution in [2.75, 3.05) is 5.32 Å². The molecule has 3 aromatic rings. The minimum absolute atomic E-state index is 0.0546. The fourth-order valence-electron chi connectivity index (χ4n) is 2.82. The number of carbonyl (C=O) groups excluding carboxylic acids is 2. The van der Waals surface area contributed by atoms with Gasteiger partial charge in [-0.05, 0) is 34.7 Å². The first-order valence-corrected chi connectivity index (χ1v) is 8.52. The van der Waals surface area contributed by atoms with E-state index < -0.39 is 11.9 Å². The van der Waals surface area contributed by atoms with Gasteiger partial charge in [-0.2, -0.15) is 5.10 Å². The SMILES string of the molecule is CC(C)c1cccc(-c2cccc(-n3cc(NC(N)=O)c(C(N)=O)n3)c2)c1. The number of amides is 3. The summed E-state index contributed by atoms with van der Waals surface area (Å²) in [6.07, 6.45) is 1.51. The number of benzene rings is 2. The molecule has 0 radical (unpaired) electrons. The Hall–Kier alpha value is -3.61. The molecule has 2 aromatic carbocycles. The van der Waals surface area contributed by atoms with Gasteiger partial charge in [0.15, 0.2) is 5.69 Å². The van der Waals surface area contributed by atoms with Crippen LogP contribution in [0.25, 0.3) is 16.8 Å². The molecular weight excluding hydrogens is 342 g/mol. The molecule has 0 saturated heterocycles. The number of nitrogens with one attached hydrogen (secondary N) is 1. The Morgan fingerprint density at radius 2 is 1.70 bits per heavy atom. The molecule has 1 heterocycles. The van der Waals surface area contributed by atoms with Crippen molar-refractivity contribution in [3.63, 3.8) is 0 Å². The molecule has 1 aromatic heterocycles. The van der Waals surface area contributed by atoms with Crippen LogP contribution in [0.5, 0.6) is 0 Å². The topological polar surface area (TPSA) is 116 Å². The van der Waals surface area contributed by atoms with Gasteiger partial charge in [0.2, 0.25) is 0 Å². The molecular formula is C20H21N5O2. The fraction of sp³-hybridized carbons (Fsp3) is 0.150. The molecule has 3 rings (SSSR count). The van der Waals surface area contributed by atoms with Crippen molar-refractivity contribution in [2.24, 2.45) is 11.5 Å². The number of hydrogen-bond donors (Lipinski definition) is 3. The molecule has 0 aliphatic carbocycles. The summed E-state index contributed by atoms with van der Waals surface area (Å²) in [6.45, 7) is 4.30. The zero-order chi connectivity index (χ0) is 19.6. The van der Waals surface area contributed by atoms with Gasteiger partial charge in [0.05, 0.1) is 17.6 Å². The summed E-state index contributed by atoms with van der Waals surface area (Å²) in [7, 11) is 0. The summed E-state index contributed by atoms with van der Waals surface area (Å²) in [5.41, 5.74) is 14.7. The molecule has 0 bridgehead atoms. The fourth-order valence-corrected chi connectivity index (χ4v) is 2.82. The standard InChI is InChI=1S/C20H21N5O2/c1-12(2)13-5-3-6-14(9-13)15-7-4-8-16(10-15)25-11-17(23-20(22)27)18(24-25)19(21)26/h3-12H,1-2H3,(H2,21,26)(H3,22,23,27). The maximum Gasteiger partial charge on any atom is 0.316 e. The second-order valence-electron chi connectivity index (χ2n) is 6.52. The highest BCUT2D eigenvalue weighted by atomic mass is 16.2. The van der Waals surface area contributed by atoms with Crippen molar-refractivity contribution in [3.05, 3.63) is 66.0 Å². The predicted octanol–water partition coefficient (Wildman–Crippen LogP) is 3.25. The Bertz CT molecular complexity index is 1010. The number of carbonyl (C=O) groups is 2. The van der Waals surface area contributed by atoms with Crippen LogP contribution in [0.1, 0.15) is 35.8 Å². The van der Waals surface area contributed by atoms with E-state index >= 15 is 0 Å². The van der Waals surface area contributed by atoms with Gasteiger partial charge < -0.3 is 16.8 Å². The van der Waals surface area contributed by atoms with E-state index in [1.165, 1.54) is 16.4 Å². The lowest BCUT2D eigenvalue weighted by atomic mass is 9.97. The highest BCUT2D eigenvalue weighted by Crippen LogP contribution is 2.26. The van der Waals surface area contributed by atoms with E-state index in [2.05, 4.69) is 36.4 Å². The predicted molar refractivity (Wildman–Crippen MR) is 105 cm³/mol. The third kappa shape index (κ3) is 3.98. The first kappa shape index (κ1) is 18.2. The molecule has 138 valence electrons. The van der Waals surface area contributed by atoms with Crippen LogP contribution in [0.2, 0.25) is 0 Å². The van der Waals surface area contributed by atoms with Gasteiger partial charge in [-0.3, -0.25) is 4.79 Å². The Morgan fingerprint density at radius 3 is 2.33 bits per heavy atom. The second-order valence-corrected chi connectivity index (χ2v) is 6.52. The monoisotopic (exact) mass is 363 g/mol. The number of rotatable bonds is 5. The summed E-state index contributed by atoms with van der Waals surface area (Å²) >= 11 is 0. The number of hydrogen-bond acceptors (Lipinski definition) is 3. The van der Waals surface area contributed by atoms with Crippen molar-refractivity contribution < 1.29 is 9.59 Å². The van der Waals surface area contributed by atoms with Gasteiger partial charge in [-0.1, -0.05) is 50.2 Å². The van der Waals surface area contributed by atoms with Crippen LogP contribution in [0.15, 0.2) is 54.7 Å². The molecule has 0 atom stereocenters. The van der Waals surface area contributed by atoms with Crippen LogP contribution in [-0.2, 0) is 0 Å². The maximum atomic E-state index is 11.6. The number of nitrogens with zero attached hydrogens (tertiary/aromatic N) is 2. The van der Waals surface area contributed by atoms with Crippen LogP contribution in [0.3, 0.4) is 0 Å². The van der Waals surface area contributed by atoms with E-state index in [0.717, 1.165) is 16.8 Å². The number of primary amides is 2. The van der Waals surface area contributed by atoms with E-state index in [1.807, 2.05) is 36.4 Å². The summed E-state index contributed by atoms with van der Waals surface area (Å²) in [4.78, 5) is 22.7. The Kier molecular flexibility index (Phi) is 4.94. The van der Waals surface area contributed by atoms with Crippen molar-refractivity contribution in [1.82, 2.24) is 9.78 Å². The van der Waals surface area contributed by atoms with Gasteiger partial charge >= 0.3 is 6.03 Å². The van der Waals surface area contributed by atoms with E-state index in [0.29, 0.717) is 5.92 Å². The lowest BCUT2D eigenvalue weighted by Gasteiger charge is -2.10. The van der Waals surface area contributed by atoms with E-state index in [9.17, 15) is 9.59 Å². The lowest BCUT2D eigenvalue weighted by Crippen LogP contribution is -2.22. The average Bonchev–Trinajstić information content (AvgIpc) is 3.05. The molecule has 0 aliphatic rings. The highest BCUT2D eigenvalue weighted by Gasteiger charge is 2.16. The molecule has 0 aliphatic heterocycles. The molecule has 7 nitrogen and oxygen atoms in total. The Balaban J connectivity index is 2.02. The third-order valence-corrected chi connectivity index (χ3v) is 4.20. The highest BCUT2D eigenvalue weighted by molar-refractivity contribution is 6.00. The number of aromatic nitrogens is 2. The van der Waals surface area contributed by atoms with Gasteiger partial charge in [0.25, 0.3) is 5.91 Å². The quantitative estimate of drug-likeness (QED) is 0.646. The van der Waals surface area contributed by atoms with Crippen molar-refractivity contribution in [2.45, 2.75) is 19.8 Å². The summed E-state index contributed by atoms with van der Waals surface area (Å²) < 4.78 is 1.49. The average molecular weight is 363 g/mol. The second kappa shape index (κ2) is 7.33. The van der Waals surface area contributed by atoms with Crippen molar-refractivity contribution >= 4 is 17.6 Å². The third-order valence-electron chi connectivity index (χ3n) is 4.20. The number of urea groups is 1. The number of nitrogens with two attached hydrogens (primary N) is 2. The molecule has 0 spiro atoms. The molecule has 0 unspecified atom stereocenters. The van der Waals surface area contributed by atoms with Crippen molar-refractivity contribution in [3.8, 4) is 16.8 Å². The zero-order valence-electron chi connectivity index (χ0n) is 15.1. The largest absolute Gasteiger partial charge is 0.364 e. The van der Waals surface area contributed by atoms with Gasteiger partial charge in [-0.15, -0.1) is 0 Å². The van der Waals surface area contributed by atoms with Crippen LogP contribution >= 0.6 is 0 Å². The molecule has 0 saturated carbocycles. The first-order valence-electron chi connectivity index (χ1n) is 8.52. The first-order chi connectivity index (χ1) is 12.8. The minimum Gasteiger partial charge on any atom is -0.364 e. The Labute approximate surface area is 157 Å². The lowest BCUT2D eigenvalue weighted by molar-refractivity contribution is 0.0996. The van der Waals surface area contributed by atoms with Crippen LogP contribution in [0.4, 0.5) is 10.5 Å². The maximum absolute atomic E-state index is 11.6. The summed E-state index contributed by atoms with van der Waals surface area (Å²) in [5.74, 6) is -0.321. The van der Waals surface area contributed by atoms with E-state index in [-0.39, 0.29) is 11.4 Å². The smallest absolute Gasteiger partial charge is 0.316 e. The van der Waals surface area contributed by atoms with Crippen LogP contribution in [0, 0.1) is 0 Å². The van der Waals surface area contributed by atoms with E-state index in [4.69, 9.17) is 11.5 Å². The molecule has 7 heteroatoms. The van der Waals surface area contributed by atoms with Crippen LogP contribution in [-0.4, -0.2) is 21.7 Å². The zero-order valence-corrected chi connectivity index (χ0v) is 15.1. The molecule has 27 heavy (non-hydrogen) atoms. The molecule has 5 N–H and O–H groups in total. The number of anilines is 1. The summed E-state index contributed by atoms with van der Waals surface area (Å²) in [6, 6.07) is 15.2. The minimum atomic E-state index is -0.795. The normalized spacial score (nSPS) is 10.8. The van der Waals surface area contributed by atoms with E-state index in [1.54, 1.807) is 0 Å². The van der Waals surface area contributed by atoms with Gasteiger partial charge in [0.1, 0.15) is 0 Å². The van der Waals surface area contributed by atoms with Gasteiger partial charge in [0, 0.05) is 0 Å². The van der Waals surface area contributed by atoms with Crippen molar-refractivity contribution in [1.29, 1.82) is 0 Å². The molecule has 0 fully saturated rings. The van der Waals surface area contributed by atoms with Gasteiger partial charge in [-0.25, -0.2) is 9.48 Å². The Morgan fingerprint density at radius 1 is 1.04 bits per heavy atom. The molecule has 3 amide bonds. The van der Waals surface area contributed by atoms with Crippen LogP contribution < -0.4 is 16.8 Å². The summed E-state index contributed by atoms with van der Waals surface area (Å²) in [5, 5.41) is 6.55.